The summed E-state index contributed by atoms with van der Waals surface area (Å²) in [6.07, 6.45) is -0.998. The Kier molecular flexibility index (Phi) is 7.95. The second-order valence-electron chi connectivity index (χ2n) is 4.66. The number of hydrogen-bond donors (Lipinski definition) is 2. The van der Waals surface area contributed by atoms with Gasteiger partial charge in [-0.25, -0.2) is 9.86 Å². The predicted molar refractivity (Wildman–Crippen MR) is 79.6 cm³/mol. The molecule has 0 bridgehead atoms. The van der Waals surface area contributed by atoms with E-state index in [1.165, 1.54) is 14.2 Å². The van der Waals surface area contributed by atoms with Gasteiger partial charge in [0.2, 0.25) is 0 Å². The van der Waals surface area contributed by atoms with Gasteiger partial charge < -0.3 is 15.2 Å². The molecule has 0 aliphatic carbocycles. The van der Waals surface area contributed by atoms with Crippen molar-refractivity contribution in [1.82, 2.24) is 10.4 Å². The third kappa shape index (κ3) is 6.55. The molecule has 0 heterocycles. The van der Waals surface area contributed by atoms with Crippen molar-refractivity contribution in [2.75, 3.05) is 20.7 Å². The summed E-state index contributed by atoms with van der Waals surface area (Å²) in [7, 11) is 2.76. The number of aliphatic hydroxyl groups excluding tert-OH is 1. The Balaban J connectivity index is 2.13. The highest BCUT2D eigenvalue weighted by molar-refractivity contribution is 5.79. The van der Waals surface area contributed by atoms with Crippen molar-refractivity contribution in [3.8, 4) is 0 Å². The molecule has 0 radical (unpaired) electrons. The minimum absolute atomic E-state index is 0.201. The van der Waals surface area contributed by atoms with Gasteiger partial charge in [0.15, 0.2) is 0 Å². The number of likely N-dealkylation sites (N-methyl/N-ethyl adjacent to an activating group) is 1. The predicted octanol–water partition coefficient (Wildman–Crippen LogP) is 1.07. The molecule has 1 atom stereocenters. The van der Waals surface area contributed by atoms with E-state index >= 15 is 0 Å². The zero-order valence-electron chi connectivity index (χ0n) is 12.8. The number of alkyl carbamates (subject to hydrolysis) is 1. The van der Waals surface area contributed by atoms with E-state index in [4.69, 9.17) is 4.74 Å². The number of amides is 2. The van der Waals surface area contributed by atoms with Gasteiger partial charge in [-0.2, -0.15) is 0 Å². The highest BCUT2D eigenvalue weighted by Gasteiger charge is 2.18. The lowest BCUT2D eigenvalue weighted by molar-refractivity contribution is -0.178. The lowest BCUT2D eigenvalue weighted by Crippen LogP contribution is -2.36. The molecule has 7 nitrogen and oxygen atoms in total. The van der Waals surface area contributed by atoms with Crippen molar-refractivity contribution in [1.29, 1.82) is 0 Å². The van der Waals surface area contributed by atoms with E-state index in [0.717, 1.165) is 10.6 Å². The minimum atomic E-state index is -1.15. The number of rotatable bonds is 8. The highest BCUT2D eigenvalue weighted by Crippen LogP contribution is 2.02. The first-order valence-electron chi connectivity index (χ1n) is 6.99. The SMILES string of the molecule is CON(C)C(=O)[C@@H](O)CCCNC(=O)OCc1ccccc1. The van der Waals surface area contributed by atoms with Gasteiger partial charge in [-0.05, 0) is 18.4 Å². The maximum atomic E-state index is 11.5. The van der Waals surface area contributed by atoms with Crippen molar-refractivity contribution in [2.24, 2.45) is 0 Å². The van der Waals surface area contributed by atoms with Gasteiger partial charge in [0.25, 0.3) is 5.91 Å². The lowest BCUT2D eigenvalue weighted by atomic mass is 10.2. The van der Waals surface area contributed by atoms with Crippen molar-refractivity contribution >= 4 is 12.0 Å². The summed E-state index contributed by atoms with van der Waals surface area (Å²) < 4.78 is 5.03. The Hall–Kier alpha value is -2.12. The summed E-state index contributed by atoms with van der Waals surface area (Å²) in [6, 6.07) is 9.35. The average molecular weight is 310 g/mol. The van der Waals surface area contributed by atoms with Gasteiger partial charge in [0, 0.05) is 13.6 Å². The van der Waals surface area contributed by atoms with E-state index in [1.54, 1.807) is 0 Å². The Labute approximate surface area is 129 Å². The molecule has 0 aliphatic rings. The second kappa shape index (κ2) is 9.75. The average Bonchev–Trinajstić information content (AvgIpc) is 2.56. The quantitative estimate of drug-likeness (QED) is 0.554. The zero-order valence-corrected chi connectivity index (χ0v) is 12.8. The van der Waals surface area contributed by atoms with Crippen molar-refractivity contribution in [3.63, 3.8) is 0 Å². The molecule has 1 aromatic rings. The molecule has 0 aliphatic heterocycles. The Morgan fingerprint density at radius 1 is 1.32 bits per heavy atom. The van der Waals surface area contributed by atoms with E-state index in [2.05, 4.69) is 10.2 Å². The summed E-state index contributed by atoms with van der Waals surface area (Å²) in [5.41, 5.74) is 0.904. The van der Waals surface area contributed by atoms with Crippen LogP contribution in [0, 0.1) is 0 Å². The van der Waals surface area contributed by atoms with Crippen LogP contribution in [0.3, 0.4) is 0 Å². The zero-order chi connectivity index (χ0) is 16.4. The second-order valence-corrected chi connectivity index (χ2v) is 4.66. The van der Waals surface area contributed by atoms with Gasteiger partial charge in [-0.3, -0.25) is 9.63 Å². The third-order valence-corrected chi connectivity index (χ3v) is 3.01. The van der Waals surface area contributed by atoms with Crippen LogP contribution in [0.5, 0.6) is 0 Å². The molecule has 1 aromatic carbocycles. The van der Waals surface area contributed by atoms with Crippen LogP contribution in [0.15, 0.2) is 30.3 Å². The lowest BCUT2D eigenvalue weighted by Gasteiger charge is -2.17. The molecule has 1 rings (SSSR count). The Bertz CT molecular complexity index is 466. The molecule has 0 aromatic heterocycles. The van der Waals surface area contributed by atoms with Crippen molar-refractivity contribution < 1.29 is 24.3 Å². The number of nitrogens with one attached hydrogen (secondary N) is 1. The van der Waals surface area contributed by atoms with Crippen molar-refractivity contribution in [2.45, 2.75) is 25.6 Å². The summed E-state index contributed by atoms with van der Waals surface area (Å²) in [6.45, 7) is 0.515. The topological polar surface area (TPSA) is 88.1 Å². The van der Waals surface area contributed by atoms with Crippen LogP contribution in [0.4, 0.5) is 4.79 Å². The van der Waals surface area contributed by atoms with Crippen LogP contribution in [-0.4, -0.2) is 49.0 Å². The number of benzene rings is 1. The summed E-state index contributed by atoms with van der Waals surface area (Å²) in [5, 5.41) is 13.1. The third-order valence-electron chi connectivity index (χ3n) is 3.01. The Morgan fingerprint density at radius 2 is 2.00 bits per heavy atom. The number of carbonyl (C=O) groups excluding carboxylic acids is 2. The number of nitrogens with zero attached hydrogens (tertiary/aromatic N) is 1. The summed E-state index contributed by atoms with van der Waals surface area (Å²) in [4.78, 5) is 27.6. The molecular weight excluding hydrogens is 288 g/mol. The molecule has 7 heteroatoms. The first-order valence-corrected chi connectivity index (χ1v) is 6.99. The fourth-order valence-corrected chi connectivity index (χ4v) is 1.68. The van der Waals surface area contributed by atoms with Crippen LogP contribution < -0.4 is 5.32 Å². The van der Waals surface area contributed by atoms with E-state index in [1.807, 2.05) is 30.3 Å². The molecule has 122 valence electrons. The molecular formula is C15H22N2O5. The molecule has 0 unspecified atom stereocenters. The first kappa shape index (κ1) is 17.9. The van der Waals surface area contributed by atoms with Crippen LogP contribution in [0.25, 0.3) is 0 Å². The maximum absolute atomic E-state index is 11.5. The fourth-order valence-electron chi connectivity index (χ4n) is 1.68. The molecule has 0 fully saturated rings. The molecule has 0 spiro atoms. The molecule has 0 saturated carbocycles. The number of carbonyl (C=O) groups is 2. The Morgan fingerprint density at radius 3 is 2.64 bits per heavy atom. The number of aliphatic hydroxyl groups is 1. The van der Waals surface area contributed by atoms with Gasteiger partial charge >= 0.3 is 6.09 Å². The van der Waals surface area contributed by atoms with Gasteiger partial charge in [0.05, 0.1) is 7.11 Å². The van der Waals surface area contributed by atoms with Crippen molar-refractivity contribution in [3.05, 3.63) is 35.9 Å². The molecule has 2 N–H and O–H groups in total. The number of hydroxylamine groups is 2. The van der Waals surface area contributed by atoms with E-state index in [-0.39, 0.29) is 13.0 Å². The number of ether oxygens (including phenoxy) is 1. The standard InChI is InChI=1S/C15H22N2O5/c1-17(21-2)14(19)13(18)9-6-10-16-15(20)22-11-12-7-4-3-5-8-12/h3-5,7-8,13,18H,6,9-11H2,1-2H3,(H,16,20)/t13-/m0/s1. The fraction of sp³-hybridized carbons (Fsp3) is 0.467. The smallest absolute Gasteiger partial charge is 0.407 e. The number of hydrogen-bond acceptors (Lipinski definition) is 5. The summed E-state index contributed by atoms with van der Waals surface area (Å²) in [5.74, 6) is -0.519. The molecule has 0 saturated heterocycles. The van der Waals surface area contributed by atoms with Crippen LogP contribution in [0.2, 0.25) is 0 Å². The molecule has 2 amide bonds. The highest BCUT2D eigenvalue weighted by atomic mass is 16.7. The monoisotopic (exact) mass is 310 g/mol. The maximum Gasteiger partial charge on any atom is 0.407 e. The van der Waals surface area contributed by atoms with Crippen LogP contribution in [-0.2, 0) is 21.0 Å². The van der Waals surface area contributed by atoms with E-state index in [9.17, 15) is 14.7 Å². The first-order chi connectivity index (χ1) is 10.5. The normalized spacial score (nSPS) is 11.6. The minimum Gasteiger partial charge on any atom is -0.445 e. The largest absolute Gasteiger partial charge is 0.445 e. The van der Waals surface area contributed by atoms with Crippen LogP contribution >= 0.6 is 0 Å². The van der Waals surface area contributed by atoms with Gasteiger partial charge in [-0.15, -0.1) is 0 Å². The van der Waals surface area contributed by atoms with E-state index in [0.29, 0.717) is 13.0 Å². The molecule has 22 heavy (non-hydrogen) atoms. The van der Waals surface area contributed by atoms with E-state index < -0.39 is 18.1 Å². The van der Waals surface area contributed by atoms with Gasteiger partial charge in [0.1, 0.15) is 12.7 Å². The van der Waals surface area contributed by atoms with Crippen LogP contribution in [0.1, 0.15) is 18.4 Å². The summed E-state index contributed by atoms with van der Waals surface area (Å²) >= 11 is 0. The van der Waals surface area contributed by atoms with Gasteiger partial charge in [-0.1, -0.05) is 30.3 Å².